The van der Waals surface area contributed by atoms with Gasteiger partial charge in [0.1, 0.15) is 0 Å². The maximum Gasteiger partial charge on any atom is 0.495 e. The van der Waals surface area contributed by atoms with Crippen LogP contribution in [0.5, 0.6) is 0 Å². The molecular formula is C17H26N2O8S2. The fourth-order valence-electron chi connectivity index (χ4n) is 4.91. The van der Waals surface area contributed by atoms with Crippen LogP contribution >= 0.6 is 0 Å². The predicted molar refractivity (Wildman–Crippen MR) is 100 cm³/mol. The van der Waals surface area contributed by atoms with Crippen LogP contribution in [0.4, 0.5) is 0 Å². The Morgan fingerprint density at radius 1 is 0.759 bits per heavy atom. The molecule has 2 aliphatic carbocycles. The quantitative estimate of drug-likeness (QED) is 0.260. The van der Waals surface area contributed by atoms with E-state index in [9.17, 15) is 22.4 Å². The minimum atomic E-state index is -4.41. The minimum Gasteiger partial charge on any atom is -0.359 e. The zero-order valence-electron chi connectivity index (χ0n) is 16.1. The first-order valence-electron chi connectivity index (χ1n) is 9.99. The molecule has 0 N–H and O–H groups in total. The molecule has 2 atom stereocenters. The normalized spacial score (nSPS) is 31.7. The zero-order chi connectivity index (χ0) is 20.8. The van der Waals surface area contributed by atoms with Crippen molar-refractivity contribution in [2.75, 3.05) is 26.4 Å². The van der Waals surface area contributed by atoms with Crippen molar-refractivity contribution < 1.29 is 40.6 Å². The molecule has 0 amide bonds. The molecule has 10 nitrogen and oxygen atoms in total. The van der Waals surface area contributed by atoms with E-state index in [4.69, 9.17) is 18.9 Å². The van der Waals surface area contributed by atoms with Gasteiger partial charge in [0.15, 0.2) is 11.6 Å². The molecule has 164 valence electrons. The topological polar surface area (TPSA) is 142 Å². The van der Waals surface area contributed by atoms with Gasteiger partial charge in [0.05, 0.1) is 36.9 Å². The fraction of sp³-hybridized carbons (Fsp3) is 0.941. The lowest BCUT2D eigenvalue weighted by Crippen LogP contribution is -2.48. The Morgan fingerprint density at radius 3 is 1.48 bits per heavy atom. The van der Waals surface area contributed by atoms with E-state index in [2.05, 4.69) is 4.79 Å². The molecular weight excluding hydrogens is 424 g/mol. The highest BCUT2D eigenvalue weighted by Crippen LogP contribution is 2.41. The van der Waals surface area contributed by atoms with Gasteiger partial charge < -0.3 is 24.5 Å². The van der Waals surface area contributed by atoms with Crippen molar-refractivity contribution in [1.29, 1.82) is 0 Å². The van der Waals surface area contributed by atoms with Crippen LogP contribution in [0.1, 0.15) is 51.4 Å². The molecule has 0 aromatic heterocycles. The molecule has 4 aliphatic rings. The maximum atomic E-state index is 13.2. The van der Waals surface area contributed by atoms with Crippen molar-refractivity contribution in [3.8, 4) is 0 Å². The summed E-state index contributed by atoms with van der Waals surface area (Å²) in [5.74, 6) is -2.00. The van der Waals surface area contributed by atoms with Gasteiger partial charge in [-0.05, 0) is 25.7 Å². The molecule has 2 saturated heterocycles. The summed E-state index contributed by atoms with van der Waals surface area (Å²) >= 11 is 0. The van der Waals surface area contributed by atoms with E-state index in [1.807, 2.05) is 0 Å². The lowest BCUT2D eigenvalue weighted by atomic mass is 9.94. The van der Waals surface area contributed by atoms with Crippen molar-refractivity contribution in [2.24, 2.45) is 0 Å². The van der Waals surface area contributed by atoms with Crippen LogP contribution in [-0.2, 0) is 38.6 Å². The van der Waals surface area contributed by atoms with Crippen LogP contribution in [0.25, 0.3) is 5.53 Å². The summed E-state index contributed by atoms with van der Waals surface area (Å²) in [5.41, 5.74) is 9.48. The first-order chi connectivity index (χ1) is 13.7. The molecule has 4 rings (SSSR count). The van der Waals surface area contributed by atoms with Gasteiger partial charge in [-0.2, -0.15) is 0 Å². The molecule has 12 heteroatoms. The Bertz CT molecular complexity index is 830. The third-order valence-corrected chi connectivity index (χ3v) is 11.4. The van der Waals surface area contributed by atoms with Crippen molar-refractivity contribution in [3.05, 3.63) is 5.53 Å². The van der Waals surface area contributed by atoms with Gasteiger partial charge in [0, 0.05) is 25.7 Å². The Balaban J connectivity index is 1.59. The van der Waals surface area contributed by atoms with E-state index < -0.39 is 46.1 Å². The first kappa shape index (κ1) is 21.4. The van der Waals surface area contributed by atoms with Gasteiger partial charge in [0.25, 0.3) is 19.7 Å². The lowest BCUT2D eigenvalue weighted by Gasteiger charge is -2.36. The summed E-state index contributed by atoms with van der Waals surface area (Å²) < 4.78 is 74.2. The van der Waals surface area contributed by atoms with E-state index >= 15 is 0 Å². The summed E-state index contributed by atoms with van der Waals surface area (Å²) in [6.45, 7) is 1.48. The standard InChI is InChI=1S/C17H26N2O8S2/c18-19-15(28(20,21)13-3-1-5-16(11-13)24-7-8-25-16)29(22,23)14-4-2-6-17(12-14)26-9-10-27-17/h13-14H,1-12H2. The van der Waals surface area contributed by atoms with Crippen LogP contribution in [0.15, 0.2) is 0 Å². The summed E-state index contributed by atoms with van der Waals surface area (Å²) in [6.07, 6.45) is 2.68. The van der Waals surface area contributed by atoms with Gasteiger partial charge >= 0.3 is 4.38 Å². The summed E-state index contributed by atoms with van der Waals surface area (Å²) in [5, 5.41) is -2.10. The SMILES string of the molecule is [N-]=[N+]=C(S(=O)(=O)C1CCCC2(C1)OCCO2)S(=O)(=O)C1CCCC2(C1)OCCO2. The monoisotopic (exact) mass is 450 g/mol. The number of nitrogens with zero attached hydrogens (tertiary/aromatic N) is 2. The number of hydrogen-bond acceptors (Lipinski definition) is 8. The van der Waals surface area contributed by atoms with Gasteiger partial charge in [-0.25, -0.2) is 16.8 Å². The van der Waals surface area contributed by atoms with E-state index in [0.717, 1.165) is 0 Å². The molecule has 0 bridgehead atoms. The predicted octanol–water partition coefficient (Wildman–Crippen LogP) is 0.773. The average molecular weight is 451 g/mol. The highest BCUT2D eigenvalue weighted by molar-refractivity contribution is 8.31. The average Bonchev–Trinajstić information content (AvgIpc) is 3.32. The fourth-order valence-corrected chi connectivity index (χ4v) is 9.72. The van der Waals surface area contributed by atoms with Crippen LogP contribution in [-0.4, -0.2) is 74.5 Å². The smallest absolute Gasteiger partial charge is 0.359 e. The molecule has 2 unspecified atom stereocenters. The van der Waals surface area contributed by atoms with Crippen LogP contribution < -0.4 is 0 Å². The van der Waals surface area contributed by atoms with E-state index in [-0.39, 0.29) is 25.7 Å². The van der Waals surface area contributed by atoms with Crippen molar-refractivity contribution in [1.82, 2.24) is 0 Å². The summed E-state index contributed by atoms with van der Waals surface area (Å²) in [7, 11) is -8.82. The number of ether oxygens (including phenoxy) is 4. The van der Waals surface area contributed by atoms with Gasteiger partial charge in [-0.1, -0.05) is 0 Å². The Morgan fingerprint density at radius 2 is 1.14 bits per heavy atom. The van der Waals surface area contributed by atoms with E-state index in [0.29, 0.717) is 52.1 Å². The second-order valence-electron chi connectivity index (χ2n) is 8.11. The second-order valence-corrected chi connectivity index (χ2v) is 12.7. The Hall–Kier alpha value is -0.880. The Labute approximate surface area is 170 Å². The molecule has 4 fully saturated rings. The summed E-state index contributed by atoms with van der Waals surface area (Å²) in [6, 6.07) is 0. The maximum absolute atomic E-state index is 13.2. The summed E-state index contributed by atoms with van der Waals surface area (Å²) in [4.78, 5) is 2.79. The van der Waals surface area contributed by atoms with Crippen LogP contribution in [0.2, 0.25) is 0 Å². The van der Waals surface area contributed by atoms with E-state index in [1.54, 1.807) is 0 Å². The lowest BCUT2D eigenvalue weighted by molar-refractivity contribution is -0.175. The van der Waals surface area contributed by atoms with Gasteiger partial charge in [-0.3, -0.25) is 0 Å². The minimum absolute atomic E-state index is 0.0186. The Kier molecular flexibility index (Phi) is 5.65. The second kappa shape index (κ2) is 7.67. The van der Waals surface area contributed by atoms with Crippen molar-refractivity contribution >= 4 is 24.1 Å². The highest BCUT2D eigenvalue weighted by atomic mass is 32.3. The van der Waals surface area contributed by atoms with E-state index in [1.165, 1.54) is 0 Å². The largest absolute Gasteiger partial charge is 0.495 e. The highest BCUT2D eigenvalue weighted by Gasteiger charge is 2.56. The molecule has 2 aliphatic heterocycles. The molecule has 2 heterocycles. The molecule has 2 spiro atoms. The first-order valence-corrected chi connectivity index (χ1v) is 13.1. The van der Waals surface area contributed by atoms with Crippen molar-refractivity contribution in [2.45, 2.75) is 73.4 Å². The van der Waals surface area contributed by atoms with Crippen LogP contribution in [0, 0.1) is 0 Å². The third-order valence-electron chi connectivity index (χ3n) is 6.32. The van der Waals surface area contributed by atoms with Gasteiger partial charge in [0.2, 0.25) is 0 Å². The van der Waals surface area contributed by atoms with Crippen molar-refractivity contribution in [3.63, 3.8) is 0 Å². The third kappa shape index (κ3) is 3.80. The van der Waals surface area contributed by atoms with Crippen LogP contribution in [0.3, 0.4) is 0 Å². The number of sulfone groups is 2. The molecule has 29 heavy (non-hydrogen) atoms. The van der Waals surface area contributed by atoms with Gasteiger partial charge in [-0.15, -0.1) is 4.79 Å². The molecule has 0 aromatic rings. The number of hydrogen-bond donors (Lipinski definition) is 0. The number of rotatable bonds is 2. The molecule has 0 radical (unpaired) electrons. The zero-order valence-corrected chi connectivity index (χ0v) is 17.7. The molecule has 0 aromatic carbocycles. The molecule has 2 saturated carbocycles.